The first-order valence-electron chi connectivity index (χ1n) is 8.03. The fraction of sp³-hybridized carbons (Fsp3) is 0.412. The molecule has 0 atom stereocenters. The van der Waals surface area contributed by atoms with Crippen LogP contribution < -0.4 is 16.0 Å². The molecule has 8 heteroatoms. The SMILES string of the molecule is CC(=O)NCCCCCC(=O)Nc1ccc(C(=O)NCC(=O)O)cc1. The highest BCUT2D eigenvalue weighted by atomic mass is 16.4. The van der Waals surface area contributed by atoms with Crippen molar-refractivity contribution in [3.8, 4) is 0 Å². The number of carbonyl (C=O) groups is 4. The molecule has 0 fully saturated rings. The molecule has 3 amide bonds. The molecular formula is C17H23N3O5. The lowest BCUT2D eigenvalue weighted by atomic mass is 10.1. The van der Waals surface area contributed by atoms with E-state index in [-0.39, 0.29) is 11.8 Å². The van der Waals surface area contributed by atoms with Crippen LogP contribution in [-0.2, 0) is 14.4 Å². The van der Waals surface area contributed by atoms with Gasteiger partial charge in [0.05, 0.1) is 0 Å². The minimum atomic E-state index is -1.12. The van der Waals surface area contributed by atoms with Crippen LogP contribution in [0, 0.1) is 0 Å². The fourth-order valence-corrected chi connectivity index (χ4v) is 2.04. The van der Waals surface area contributed by atoms with E-state index in [1.54, 1.807) is 12.1 Å². The van der Waals surface area contributed by atoms with E-state index in [2.05, 4.69) is 16.0 Å². The number of amides is 3. The number of carboxylic acid groups (broad SMARTS) is 1. The van der Waals surface area contributed by atoms with Crippen molar-refractivity contribution < 1.29 is 24.3 Å². The molecule has 0 spiro atoms. The van der Waals surface area contributed by atoms with Crippen molar-refractivity contribution >= 4 is 29.4 Å². The molecule has 0 saturated heterocycles. The van der Waals surface area contributed by atoms with Crippen molar-refractivity contribution in [2.24, 2.45) is 0 Å². The van der Waals surface area contributed by atoms with Gasteiger partial charge in [-0.05, 0) is 37.1 Å². The van der Waals surface area contributed by atoms with Crippen LogP contribution in [0.25, 0.3) is 0 Å². The average Bonchev–Trinajstić information content (AvgIpc) is 2.56. The fourth-order valence-electron chi connectivity index (χ4n) is 2.04. The predicted octanol–water partition coefficient (Wildman–Crippen LogP) is 1.14. The topological polar surface area (TPSA) is 125 Å². The van der Waals surface area contributed by atoms with Gasteiger partial charge in [0.25, 0.3) is 5.91 Å². The molecule has 8 nitrogen and oxygen atoms in total. The van der Waals surface area contributed by atoms with Gasteiger partial charge in [0, 0.05) is 31.1 Å². The third kappa shape index (κ3) is 9.09. The zero-order chi connectivity index (χ0) is 18.7. The van der Waals surface area contributed by atoms with Gasteiger partial charge in [0.1, 0.15) is 6.54 Å². The maximum atomic E-state index is 11.8. The third-order valence-corrected chi connectivity index (χ3v) is 3.29. The highest BCUT2D eigenvalue weighted by Crippen LogP contribution is 2.11. The van der Waals surface area contributed by atoms with Crippen molar-refractivity contribution in [1.29, 1.82) is 0 Å². The Morgan fingerprint density at radius 3 is 2.24 bits per heavy atom. The average molecular weight is 349 g/mol. The number of unbranched alkanes of at least 4 members (excludes halogenated alkanes) is 2. The first-order valence-corrected chi connectivity index (χ1v) is 8.03. The highest BCUT2D eigenvalue weighted by molar-refractivity contribution is 5.97. The second-order valence-corrected chi connectivity index (χ2v) is 5.50. The molecule has 0 aliphatic rings. The standard InChI is InChI=1S/C17H23N3O5/c1-12(21)18-10-4-2-3-5-15(22)20-14-8-6-13(7-9-14)17(25)19-11-16(23)24/h6-9H,2-5,10-11H2,1H3,(H,18,21)(H,19,25)(H,20,22)(H,23,24). The van der Waals surface area contributed by atoms with Crippen LogP contribution in [0.15, 0.2) is 24.3 Å². The Morgan fingerprint density at radius 1 is 0.960 bits per heavy atom. The largest absolute Gasteiger partial charge is 0.480 e. The second kappa shape index (κ2) is 10.8. The summed E-state index contributed by atoms with van der Waals surface area (Å²) in [7, 11) is 0. The van der Waals surface area contributed by atoms with E-state index >= 15 is 0 Å². The van der Waals surface area contributed by atoms with Crippen molar-refractivity contribution in [3.05, 3.63) is 29.8 Å². The van der Waals surface area contributed by atoms with Crippen LogP contribution >= 0.6 is 0 Å². The molecule has 1 rings (SSSR count). The van der Waals surface area contributed by atoms with Crippen molar-refractivity contribution in [2.75, 3.05) is 18.4 Å². The predicted molar refractivity (Wildman–Crippen MR) is 92.2 cm³/mol. The van der Waals surface area contributed by atoms with Gasteiger partial charge < -0.3 is 21.1 Å². The molecule has 1 aromatic rings. The number of aliphatic carboxylic acids is 1. The number of carboxylic acids is 1. The first kappa shape index (κ1) is 20.1. The molecule has 25 heavy (non-hydrogen) atoms. The van der Waals surface area contributed by atoms with Crippen molar-refractivity contribution in [1.82, 2.24) is 10.6 Å². The monoisotopic (exact) mass is 349 g/mol. The Bertz CT molecular complexity index is 613. The second-order valence-electron chi connectivity index (χ2n) is 5.50. The Morgan fingerprint density at radius 2 is 1.64 bits per heavy atom. The Kier molecular flexibility index (Phi) is 8.70. The zero-order valence-electron chi connectivity index (χ0n) is 14.1. The summed E-state index contributed by atoms with van der Waals surface area (Å²) in [6.45, 7) is 1.64. The van der Waals surface area contributed by atoms with Crippen LogP contribution in [-0.4, -0.2) is 41.9 Å². The van der Waals surface area contributed by atoms with Gasteiger partial charge in [-0.3, -0.25) is 19.2 Å². The summed E-state index contributed by atoms with van der Waals surface area (Å²) in [6.07, 6.45) is 2.77. The third-order valence-electron chi connectivity index (χ3n) is 3.29. The van der Waals surface area contributed by atoms with Gasteiger partial charge in [0.15, 0.2) is 0 Å². The van der Waals surface area contributed by atoms with Crippen LogP contribution in [0.5, 0.6) is 0 Å². The maximum Gasteiger partial charge on any atom is 0.322 e. The molecule has 136 valence electrons. The number of rotatable bonds is 10. The lowest BCUT2D eigenvalue weighted by Crippen LogP contribution is -2.29. The van der Waals surface area contributed by atoms with E-state index in [1.165, 1.54) is 19.1 Å². The number of nitrogens with one attached hydrogen (secondary N) is 3. The van der Waals surface area contributed by atoms with Crippen LogP contribution in [0.3, 0.4) is 0 Å². The summed E-state index contributed by atoms with van der Waals surface area (Å²) in [4.78, 5) is 44.6. The van der Waals surface area contributed by atoms with E-state index < -0.39 is 18.4 Å². The molecule has 0 unspecified atom stereocenters. The Labute approximate surface area is 146 Å². The van der Waals surface area contributed by atoms with Gasteiger partial charge >= 0.3 is 5.97 Å². The van der Waals surface area contributed by atoms with E-state index in [9.17, 15) is 19.2 Å². The van der Waals surface area contributed by atoms with Crippen LogP contribution in [0.4, 0.5) is 5.69 Å². The zero-order valence-corrected chi connectivity index (χ0v) is 14.1. The minimum absolute atomic E-state index is 0.0576. The molecule has 0 aliphatic heterocycles. The smallest absolute Gasteiger partial charge is 0.322 e. The van der Waals surface area contributed by atoms with Gasteiger partial charge in [-0.25, -0.2) is 0 Å². The lowest BCUT2D eigenvalue weighted by Gasteiger charge is -2.07. The molecule has 0 saturated carbocycles. The summed E-state index contributed by atoms with van der Waals surface area (Å²) in [5, 5.41) is 16.2. The first-order chi connectivity index (χ1) is 11.9. The summed E-state index contributed by atoms with van der Waals surface area (Å²) >= 11 is 0. The molecule has 0 aliphatic carbocycles. The molecule has 0 bridgehead atoms. The normalized spacial score (nSPS) is 9.96. The van der Waals surface area contributed by atoms with Gasteiger partial charge in [0.2, 0.25) is 11.8 Å². The Hall–Kier alpha value is -2.90. The maximum absolute atomic E-state index is 11.8. The minimum Gasteiger partial charge on any atom is -0.480 e. The van der Waals surface area contributed by atoms with Crippen molar-refractivity contribution in [2.45, 2.75) is 32.6 Å². The van der Waals surface area contributed by atoms with Gasteiger partial charge in [-0.1, -0.05) is 6.42 Å². The highest BCUT2D eigenvalue weighted by Gasteiger charge is 2.08. The summed E-state index contributed by atoms with van der Waals surface area (Å²) in [5.74, 6) is -1.78. The quantitative estimate of drug-likeness (QED) is 0.471. The molecule has 1 aromatic carbocycles. The number of carbonyl (C=O) groups excluding carboxylic acids is 3. The number of hydrogen-bond acceptors (Lipinski definition) is 4. The molecule has 0 heterocycles. The Balaban J connectivity index is 2.29. The number of benzene rings is 1. The number of hydrogen-bond donors (Lipinski definition) is 4. The summed E-state index contributed by atoms with van der Waals surface area (Å²) < 4.78 is 0. The molecule has 0 aromatic heterocycles. The summed E-state index contributed by atoms with van der Waals surface area (Å²) in [6, 6.07) is 6.20. The van der Waals surface area contributed by atoms with E-state index in [1.807, 2.05) is 0 Å². The van der Waals surface area contributed by atoms with Crippen LogP contribution in [0.1, 0.15) is 43.0 Å². The lowest BCUT2D eigenvalue weighted by molar-refractivity contribution is -0.135. The van der Waals surface area contributed by atoms with Crippen LogP contribution in [0.2, 0.25) is 0 Å². The van der Waals surface area contributed by atoms with E-state index in [4.69, 9.17) is 5.11 Å². The number of anilines is 1. The molecule has 4 N–H and O–H groups in total. The van der Waals surface area contributed by atoms with Gasteiger partial charge in [-0.15, -0.1) is 0 Å². The molecular weight excluding hydrogens is 326 g/mol. The van der Waals surface area contributed by atoms with Crippen molar-refractivity contribution in [3.63, 3.8) is 0 Å². The molecule has 0 radical (unpaired) electrons. The van der Waals surface area contributed by atoms with E-state index in [0.717, 1.165) is 19.3 Å². The summed E-state index contributed by atoms with van der Waals surface area (Å²) in [5.41, 5.74) is 0.884. The van der Waals surface area contributed by atoms with Gasteiger partial charge in [-0.2, -0.15) is 0 Å². The van der Waals surface area contributed by atoms with E-state index in [0.29, 0.717) is 24.2 Å².